The number of rotatable bonds is 4. The zero-order valence-corrected chi connectivity index (χ0v) is 11.8. The SMILES string of the molecule is COc1cc(N(C)C(=O)C2(N)CC2)c(OC)cc1C. The Morgan fingerprint density at radius 1 is 1.26 bits per heavy atom. The van der Waals surface area contributed by atoms with Gasteiger partial charge in [0.25, 0.3) is 0 Å². The third-order valence-electron chi connectivity index (χ3n) is 3.58. The van der Waals surface area contributed by atoms with E-state index in [1.54, 1.807) is 32.2 Å². The number of hydrogen-bond acceptors (Lipinski definition) is 4. The topological polar surface area (TPSA) is 64.8 Å². The number of nitrogens with two attached hydrogens (primary N) is 1. The minimum Gasteiger partial charge on any atom is -0.496 e. The molecule has 0 radical (unpaired) electrons. The van der Waals surface area contributed by atoms with E-state index >= 15 is 0 Å². The van der Waals surface area contributed by atoms with Crippen molar-refractivity contribution in [2.75, 3.05) is 26.2 Å². The maximum absolute atomic E-state index is 12.3. The fourth-order valence-corrected chi connectivity index (χ4v) is 2.09. The van der Waals surface area contributed by atoms with Gasteiger partial charge in [-0.3, -0.25) is 4.79 Å². The van der Waals surface area contributed by atoms with Crippen molar-refractivity contribution in [1.29, 1.82) is 0 Å². The van der Waals surface area contributed by atoms with Crippen molar-refractivity contribution < 1.29 is 14.3 Å². The minimum atomic E-state index is -0.697. The van der Waals surface area contributed by atoms with Crippen LogP contribution >= 0.6 is 0 Å². The molecule has 1 aromatic carbocycles. The summed E-state index contributed by atoms with van der Waals surface area (Å²) in [5.74, 6) is 1.27. The number of hydrogen-bond donors (Lipinski definition) is 1. The highest BCUT2D eigenvalue weighted by Gasteiger charge is 2.48. The van der Waals surface area contributed by atoms with Crippen LogP contribution in [0.5, 0.6) is 11.5 Å². The molecule has 0 heterocycles. The molecule has 1 fully saturated rings. The van der Waals surface area contributed by atoms with Gasteiger partial charge in [-0.15, -0.1) is 0 Å². The number of nitrogens with zero attached hydrogens (tertiary/aromatic N) is 1. The molecule has 0 spiro atoms. The van der Waals surface area contributed by atoms with E-state index in [0.29, 0.717) is 11.4 Å². The van der Waals surface area contributed by atoms with Gasteiger partial charge in [0.2, 0.25) is 5.91 Å². The lowest BCUT2D eigenvalue weighted by Gasteiger charge is -2.24. The first-order valence-electron chi connectivity index (χ1n) is 6.22. The Morgan fingerprint density at radius 3 is 2.32 bits per heavy atom. The molecule has 2 rings (SSSR count). The van der Waals surface area contributed by atoms with Gasteiger partial charge < -0.3 is 20.1 Å². The second kappa shape index (κ2) is 4.74. The van der Waals surface area contributed by atoms with Crippen LogP contribution in [0.2, 0.25) is 0 Å². The summed E-state index contributed by atoms with van der Waals surface area (Å²) in [7, 11) is 4.89. The maximum Gasteiger partial charge on any atom is 0.246 e. The average molecular weight is 264 g/mol. The number of ether oxygens (including phenoxy) is 2. The number of benzene rings is 1. The molecule has 0 bridgehead atoms. The highest BCUT2D eigenvalue weighted by Crippen LogP contribution is 2.39. The zero-order valence-electron chi connectivity index (χ0n) is 11.8. The summed E-state index contributed by atoms with van der Waals surface area (Å²) in [5.41, 5.74) is 6.89. The van der Waals surface area contributed by atoms with Gasteiger partial charge in [0.1, 0.15) is 11.5 Å². The van der Waals surface area contributed by atoms with E-state index < -0.39 is 5.54 Å². The Morgan fingerprint density at radius 2 is 1.84 bits per heavy atom. The van der Waals surface area contributed by atoms with Gasteiger partial charge in [0, 0.05) is 13.1 Å². The summed E-state index contributed by atoms with van der Waals surface area (Å²) in [6.45, 7) is 1.93. The van der Waals surface area contributed by atoms with E-state index in [2.05, 4.69) is 0 Å². The Hall–Kier alpha value is -1.75. The lowest BCUT2D eigenvalue weighted by atomic mass is 10.1. The monoisotopic (exact) mass is 264 g/mol. The molecule has 1 aliphatic carbocycles. The van der Waals surface area contributed by atoms with E-state index in [-0.39, 0.29) is 5.91 Å². The van der Waals surface area contributed by atoms with Crippen LogP contribution in [0.15, 0.2) is 12.1 Å². The van der Waals surface area contributed by atoms with Gasteiger partial charge in [-0.05, 0) is 31.4 Å². The second-order valence-electron chi connectivity index (χ2n) is 5.01. The Kier molecular flexibility index (Phi) is 3.41. The van der Waals surface area contributed by atoms with Crippen molar-refractivity contribution in [1.82, 2.24) is 0 Å². The fraction of sp³-hybridized carbons (Fsp3) is 0.500. The van der Waals surface area contributed by atoms with Gasteiger partial charge in [0.15, 0.2) is 0 Å². The summed E-state index contributed by atoms with van der Waals surface area (Å²) in [6, 6.07) is 3.66. The number of anilines is 1. The number of aryl methyl sites for hydroxylation is 1. The van der Waals surface area contributed by atoms with Crippen LogP contribution in [-0.4, -0.2) is 32.7 Å². The first kappa shape index (κ1) is 13.7. The smallest absolute Gasteiger partial charge is 0.246 e. The van der Waals surface area contributed by atoms with Crippen LogP contribution in [-0.2, 0) is 4.79 Å². The molecule has 19 heavy (non-hydrogen) atoms. The van der Waals surface area contributed by atoms with E-state index in [1.165, 1.54) is 0 Å². The zero-order chi connectivity index (χ0) is 14.2. The van der Waals surface area contributed by atoms with Gasteiger partial charge in [-0.2, -0.15) is 0 Å². The number of amides is 1. The van der Waals surface area contributed by atoms with Crippen molar-refractivity contribution >= 4 is 11.6 Å². The van der Waals surface area contributed by atoms with E-state index in [9.17, 15) is 4.79 Å². The Bertz CT molecular complexity index is 510. The largest absolute Gasteiger partial charge is 0.496 e. The number of carbonyl (C=O) groups excluding carboxylic acids is 1. The first-order chi connectivity index (χ1) is 8.92. The maximum atomic E-state index is 12.3. The van der Waals surface area contributed by atoms with E-state index in [4.69, 9.17) is 15.2 Å². The molecule has 104 valence electrons. The standard InChI is InChI=1S/C14H20N2O3/c1-9-7-12(19-4)10(8-11(9)18-3)16(2)13(17)14(15)5-6-14/h7-8H,5-6,15H2,1-4H3. The summed E-state index contributed by atoms with van der Waals surface area (Å²) in [5, 5.41) is 0. The fourth-order valence-electron chi connectivity index (χ4n) is 2.09. The lowest BCUT2D eigenvalue weighted by Crippen LogP contribution is -2.44. The summed E-state index contributed by atoms with van der Waals surface area (Å²) in [4.78, 5) is 13.8. The van der Waals surface area contributed by atoms with Crippen molar-refractivity contribution in [2.45, 2.75) is 25.3 Å². The predicted octanol–water partition coefficient (Wildman–Crippen LogP) is 1.47. The van der Waals surface area contributed by atoms with Crippen LogP contribution in [0.1, 0.15) is 18.4 Å². The molecule has 0 unspecified atom stereocenters. The van der Waals surface area contributed by atoms with Gasteiger partial charge in [-0.1, -0.05) is 0 Å². The summed E-state index contributed by atoms with van der Waals surface area (Å²) < 4.78 is 10.6. The molecule has 0 atom stereocenters. The van der Waals surface area contributed by atoms with Gasteiger partial charge >= 0.3 is 0 Å². The number of carbonyl (C=O) groups is 1. The summed E-state index contributed by atoms with van der Waals surface area (Å²) >= 11 is 0. The highest BCUT2D eigenvalue weighted by molar-refractivity contribution is 6.02. The van der Waals surface area contributed by atoms with Crippen LogP contribution in [0, 0.1) is 6.92 Å². The van der Waals surface area contributed by atoms with Crippen molar-refractivity contribution in [3.05, 3.63) is 17.7 Å². The quantitative estimate of drug-likeness (QED) is 0.894. The molecule has 0 aliphatic heterocycles. The molecule has 1 aromatic rings. The molecular weight excluding hydrogens is 244 g/mol. The predicted molar refractivity (Wildman–Crippen MR) is 73.8 cm³/mol. The van der Waals surface area contributed by atoms with Crippen molar-refractivity contribution in [2.24, 2.45) is 5.73 Å². The van der Waals surface area contributed by atoms with Crippen molar-refractivity contribution in [3.63, 3.8) is 0 Å². The molecule has 2 N–H and O–H groups in total. The minimum absolute atomic E-state index is 0.0864. The van der Waals surface area contributed by atoms with Crippen LogP contribution in [0.25, 0.3) is 0 Å². The third kappa shape index (κ3) is 2.38. The molecule has 0 saturated heterocycles. The van der Waals surface area contributed by atoms with Gasteiger partial charge in [0.05, 0.1) is 25.4 Å². The third-order valence-corrected chi connectivity index (χ3v) is 3.58. The summed E-state index contributed by atoms with van der Waals surface area (Å²) in [6.07, 6.45) is 1.48. The van der Waals surface area contributed by atoms with E-state index in [1.807, 2.05) is 13.0 Å². The average Bonchev–Trinajstić information content (AvgIpc) is 3.15. The Labute approximate surface area is 113 Å². The number of methoxy groups -OCH3 is 2. The van der Waals surface area contributed by atoms with Crippen molar-refractivity contribution in [3.8, 4) is 11.5 Å². The molecule has 1 saturated carbocycles. The lowest BCUT2D eigenvalue weighted by molar-refractivity contribution is -0.120. The molecule has 5 nitrogen and oxygen atoms in total. The molecule has 1 aliphatic rings. The van der Waals surface area contributed by atoms with Gasteiger partial charge in [-0.25, -0.2) is 0 Å². The normalized spacial score (nSPS) is 15.8. The first-order valence-corrected chi connectivity index (χ1v) is 6.22. The van der Waals surface area contributed by atoms with E-state index in [0.717, 1.165) is 24.2 Å². The van der Waals surface area contributed by atoms with Crippen LogP contribution in [0.4, 0.5) is 5.69 Å². The molecular formula is C14H20N2O3. The van der Waals surface area contributed by atoms with Crippen LogP contribution in [0.3, 0.4) is 0 Å². The molecule has 5 heteroatoms. The second-order valence-corrected chi connectivity index (χ2v) is 5.01. The highest BCUT2D eigenvalue weighted by atomic mass is 16.5. The number of likely N-dealkylation sites (N-methyl/N-ethyl adjacent to an activating group) is 1. The molecule has 1 amide bonds. The molecule has 0 aromatic heterocycles. The van der Waals surface area contributed by atoms with Crippen LogP contribution < -0.4 is 20.1 Å². The Balaban J connectivity index is 2.39.